The van der Waals surface area contributed by atoms with Crippen LogP contribution in [0, 0.1) is 0 Å². The SMILES string of the molecule is CN(c1ccc(Cl)cc1)c1ccc(C(=O)c2ccc([S+]([O-])c3ccccc3)c(C(=O)O)c2)cc1. The van der Waals surface area contributed by atoms with Gasteiger partial charge in [-0.15, -0.1) is 0 Å². The van der Waals surface area contributed by atoms with E-state index in [9.17, 15) is 19.2 Å². The van der Waals surface area contributed by atoms with Crippen molar-refractivity contribution in [1.29, 1.82) is 0 Å². The molecule has 0 amide bonds. The zero-order valence-electron chi connectivity index (χ0n) is 18.1. The van der Waals surface area contributed by atoms with Gasteiger partial charge in [0.1, 0.15) is 5.56 Å². The highest BCUT2D eigenvalue weighted by molar-refractivity contribution is 7.91. The summed E-state index contributed by atoms with van der Waals surface area (Å²) in [5.41, 5.74) is 2.29. The fourth-order valence-corrected chi connectivity index (χ4v) is 4.81. The summed E-state index contributed by atoms with van der Waals surface area (Å²) in [6.45, 7) is 0. The lowest BCUT2D eigenvalue weighted by Gasteiger charge is -2.19. The van der Waals surface area contributed by atoms with Crippen LogP contribution in [-0.4, -0.2) is 28.5 Å². The summed E-state index contributed by atoms with van der Waals surface area (Å²) in [4.78, 5) is 27.5. The van der Waals surface area contributed by atoms with Crippen LogP contribution in [0.3, 0.4) is 0 Å². The van der Waals surface area contributed by atoms with Gasteiger partial charge in [-0.25, -0.2) is 4.79 Å². The summed E-state index contributed by atoms with van der Waals surface area (Å²) in [6, 6.07) is 27.3. The van der Waals surface area contributed by atoms with Crippen molar-refractivity contribution in [3.63, 3.8) is 0 Å². The maximum Gasteiger partial charge on any atom is 0.340 e. The number of nitrogens with zero attached hydrogens (tertiary/aromatic N) is 1. The van der Waals surface area contributed by atoms with Gasteiger partial charge in [0.25, 0.3) is 0 Å². The Kier molecular flexibility index (Phi) is 7.03. The Morgan fingerprint density at radius 1 is 0.824 bits per heavy atom. The van der Waals surface area contributed by atoms with E-state index in [1.165, 1.54) is 18.2 Å². The van der Waals surface area contributed by atoms with Crippen LogP contribution in [0.5, 0.6) is 0 Å². The molecule has 0 fully saturated rings. The molecular formula is C27H20ClNO4S. The Hall–Kier alpha value is -3.58. The van der Waals surface area contributed by atoms with Gasteiger partial charge in [-0.1, -0.05) is 29.8 Å². The summed E-state index contributed by atoms with van der Waals surface area (Å²) in [7, 11) is 1.91. The zero-order valence-corrected chi connectivity index (χ0v) is 19.7. The number of carboxylic acids is 1. The van der Waals surface area contributed by atoms with Crippen molar-refractivity contribution in [3.05, 3.63) is 119 Å². The van der Waals surface area contributed by atoms with Crippen molar-refractivity contribution in [1.82, 2.24) is 0 Å². The molecule has 34 heavy (non-hydrogen) atoms. The Labute approximate surface area is 205 Å². The minimum Gasteiger partial charge on any atom is -0.606 e. The molecule has 4 rings (SSSR count). The Morgan fingerprint density at radius 3 is 1.97 bits per heavy atom. The largest absolute Gasteiger partial charge is 0.606 e. The number of carboxylic acid groups (broad SMARTS) is 1. The average Bonchev–Trinajstić information content (AvgIpc) is 2.88. The molecule has 1 unspecified atom stereocenters. The molecule has 0 aliphatic carbocycles. The van der Waals surface area contributed by atoms with Crippen LogP contribution in [0.25, 0.3) is 0 Å². The maximum absolute atomic E-state index is 13.1. The molecule has 0 heterocycles. The average molecular weight is 490 g/mol. The molecule has 4 aromatic rings. The predicted molar refractivity (Wildman–Crippen MR) is 134 cm³/mol. The minimum absolute atomic E-state index is 0.148. The van der Waals surface area contributed by atoms with E-state index in [0.29, 0.717) is 15.5 Å². The molecule has 7 heteroatoms. The highest BCUT2D eigenvalue weighted by Crippen LogP contribution is 2.28. The van der Waals surface area contributed by atoms with Gasteiger partial charge in [0.2, 0.25) is 0 Å². The molecule has 0 saturated carbocycles. The number of hydrogen-bond donors (Lipinski definition) is 1. The van der Waals surface area contributed by atoms with Crippen LogP contribution in [0.15, 0.2) is 107 Å². The molecule has 0 aliphatic rings. The molecule has 0 aromatic heterocycles. The van der Waals surface area contributed by atoms with E-state index in [4.69, 9.17) is 11.6 Å². The number of anilines is 2. The third-order valence-corrected chi connectivity index (χ3v) is 7.07. The van der Waals surface area contributed by atoms with Crippen LogP contribution in [0.2, 0.25) is 5.02 Å². The molecule has 0 aliphatic heterocycles. The summed E-state index contributed by atoms with van der Waals surface area (Å²) in [5.74, 6) is -1.56. The summed E-state index contributed by atoms with van der Waals surface area (Å²) in [5, 5.41) is 10.4. The summed E-state index contributed by atoms with van der Waals surface area (Å²) in [6.07, 6.45) is 0. The number of ketones is 1. The molecule has 170 valence electrons. The lowest BCUT2D eigenvalue weighted by molar-refractivity contribution is 0.0692. The van der Waals surface area contributed by atoms with E-state index < -0.39 is 17.1 Å². The van der Waals surface area contributed by atoms with Gasteiger partial charge in [-0.05, 0) is 78.9 Å². The normalized spacial score (nSPS) is 11.6. The van der Waals surface area contributed by atoms with Crippen LogP contribution >= 0.6 is 11.6 Å². The van der Waals surface area contributed by atoms with Crippen molar-refractivity contribution in [2.45, 2.75) is 9.79 Å². The number of benzene rings is 4. The van der Waals surface area contributed by atoms with E-state index in [1.807, 2.05) is 36.2 Å². The monoisotopic (exact) mass is 489 g/mol. The van der Waals surface area contributed by atoms with E-state index in [2.05, 4.69) is 0 Å². The highest BCUT2D eigenvalue weighted by atomic mass is 35.5. The first-order chi connectivity index (χ1) is 16.3. The van der Waals surface area contributed by atoms with E-state index in [1.54, 1.807) is 54.6 Å². The fourth-order valence-electron chi connectivity index (χ4n) is 3.49. The number of carbonyl (C=O) groups excluding carboxylic acids is 1. The minimum atomic E-state index is -1.68. The summed E-state index contributed by atoms with van der Waals surface area (Å²) < 4.78 is 12.9. The maximum atomic E-state index is 13.1. The first-order valence-corrected chi connectivity index (χ1v) is 11.9. The van der Waals surface area contributed by atoms with Crippen molar-refractivity contribution in [3.8, 4) is 0 Å². The molecule has 4 aromatic carbocycles. The second-order valence-corrected chi connectivity index (χ2v) is 9.39. The summed E-state index contributed by atoms with van der Waals surface area (Å²) >= 11 is 4.28. The highest BCUT2D eigenvalue weighted by Gasteiger charge is 2.25. The molecule has 1 N–H and O–H groups in total. The van der Waals surface area contributed by atoms with E-state index in [0.717, 1.165) is 11.4 Å². The number of hydrogen-bond acceptors (Lipinski definition) is 4. The number of halogens is 1. The van der Waals surface area contributed by atoms with Gasteiger partial charge in [-0.2, -0.15) is 0 Å². The van der Waals surface area contributed by atoms with E-state index in [-0.39, 0.29) is 21.8 Å². The van der Waals surface area contributed by atoms with Gasteiger partial charge in [0.15, 0.2) is 15.6 Å². The molecule has 0 bridgehead atoms. The fraction of sp³-hybridized carbons (Fsp3) is 0.0370. The molecule has 0 spiro atoms. The number of carbonyl (C=O) groups is 2. The lowest BCUT2D eigenvalue weighted by Crippen LogP contribution is -2.12. The Bertz CT molecular complexity index is 1330. The first-order valence-electron chi connectivity index (χ1n) is 10.3. The molecule has 0 radical (unpaired) electrons. The van der Waals surface area contributed by atoms with Crippen LogP contribution in [0.4, 0.5) is 11.4 Å². The first kappa shape index (κ1) is 23.6. The van der Waals surface area contributed by atoms with Crippen LogP contribution in [-0.2, 0) is 11.2 Å². The van der Waals surface area contributed by atoms with Crippen LogP contribution in [0.1, 0.15) is 26.3 Å². The van der Waals surface area contributed by atoms with Crippen molar-refractivity contribution in [2.24, 2.45) is 0 Å². The third-order valence-electron chi connectivity index (χ3n) is 5.36. The molecular weight excluding hydrogens is 470 g/mol. The topological polar surface area (TPSA) is 80.7 Å². The standard InChI is InChI=1S/C27H20ClNO4S/c1-29(22-14-10-20(28)11-15-22)21-12-7-18(8-13-21)26(30)19-9-16-25(24(17-19)27(31)32)34(33)23-5-3-2-4-6-23/h2-17H,1H3,(H,31,32). The molecule has 0 saturated heterocycles. The van der Waals surface area contributed by atoms with Gasteiger partial charge < -0.3 is 14.6 Å². The van der Waals surface area contributed by atoms with E-state index >= 15 is 0 Å². The van der Waals surface area contributed by atoms with Gasteiger partial charge >= 0.3 is 5.97 Å². The number of rotatable bonds is 7. The van der Waals surface area contributed by atoms with Crippen molar-refractivity contribution < 1.29 is 19.2 Å². The van der Waals surface area contributed by atoms with Crippen LogP contribution < -0.4 is 4.90 Å². The smallest absolute Gasteiger partial charge is 0.340 e. The van der Waals surface area contributed by atoms with Gasteiger partial charge in [0, 0.05) is 45.7 Å². The molecule has 1 atom stereocenters. The second kappa shape index (κ2) is 10.1. The van der Waals surface area contributed by atoms with Crippen molar-refractivity contribution >= 4 is 45.9 Å². The second-order valence-electron chi connectivity index (χ2n) is 7.51. The molecule has 5 nitrogen and oxygen atoms in total. The van der Waals surface area contributed by atoms with Crippen molar-refractivity contribution in [2.75, 3.05) is 11.9 Å². The van der Waals surface area contributed by atoms with Gasteiger partial charge in [-0.3, -0.25) is 4.79 Å². The number of aromatic carboxylic acids is 1. The zero-order chi connectivity index (χ0) is 24.2. The quantitative estimate of drug-likeness (QED) is 0.247. The lowest BCUT2D eigenvalue weighted by atomic mass is 10.0. The third kappa shape index (κ3) is 4.99. The predicted octanol–water partition coefficient (Wildman–Crippen LogP) is 6.20. The Balaban J connectivity index is 1.59. The Morgan fingerprint density at radius 2 is 1.38 bits per heavy atom. The van der Waals surface area contributed by atoms with Gasteiger partial charge in [0.05, 0.1) is 0 Å².